The van der Waals surface area contributed by atoms with Crippen LogP contribution in [-0.2, 0) is 6.42 Å². The molecule has 0 bridgehead atoms. The van der Waals surface area contributed by atoms with Gasteiger partial charge in [-0.3, -0.25) is 0 Å². The first-order chi connectivity index (χ1) is 7.27. The lowest BCUT2D eigenvalue weighted by molar-refractivity contribution is 0.392. The molecule has 15 heavy (non-hydrogen) atoms. The fraction of sp³-hybridized carbons (Fsp3) is 0.182. The Balaban J connectivity index is 2.76. The first-order valence-corrected chi connectivity index (χ1v) is 4.47. The molecule has 0 saturated heterocycles. The van der Waals surface area contributed by atoms with E-state index in [0.717, 1.165) is 11.1 Å². The highest BCUT2D eigenvalue weighted by Gasteiger charge is 2.13. The molecule has 3 nitrogen and oxygen atoms in total. The Hall–Kier alpha value is -2.02. The van der Waals surface area contributed by atoms with Crippen molar-refractivity contribution in [3.05, 3.63) is 29.7 Å². The molecule has 0 aliphatic heterocycles. The molecule has 4 heteroatoms. The minimum Gasteiger partial charge on any atom is -0.493 e. The maximum atomic E-state index is 13.4. The number of rotatable bonds is 2. The van der Waals surface area contributed by atoms with E-state index in [-0.39, 0.29) is 12.2 Å². The quantitative estimate of drug-likeness (QED) is 0.816. The topological polar surface area (TPSA) is 48.8 Å². The molecular weight excluding hydrogens is 195 g/mol. The fourth-order valence-corrected chi connectivity index (χ4v) is 1.66. The zero-order valence-electron chi connectivity index (χ0n) is 8.17. The number of nitriles is 1. The predicted octanol–water partition coefficient (Wildman–Crippen LogP) is 2.38. The Morgan fingerprint density at radius 3 is 3.00 bits per heavy atom. The SMILES string of the molecule is COc1c(F)ccc2[nH]cc(CC#N)c12. The van der Waals surface area contributed by atoms with Crippen molar-refractivity contribution in [3.8, 4) is 11.8 Å². The third-order valence-corrected chi connectivity index (χ3v) is 2.31. The lowest BCUT2D eigenvalue weighted by Crippen LogP contribution is -1.90. The van der Waals surface area contributed by atoms with E-state index >= 15 is 0 Å². The minimum absolute atomic E-state index is 0.194. The summed E-state index contributed by atoms with van der Waals surface area (Å²) in [7, 11) is 1.42. The summed E-state index contributed by atoms with van der Waals surface area (Å²) >= 11 is 0. The number of methoxy groups -OCH3 is 1. The highest BCUT2D eigenvalue weighted by Crippen LogP contribution is 2.31. The molecule has 0 saturated carbocycles. The van der Waals surface area contributed by atoms with Gasteiger partial charge in [0.2, 0.25) is 0 Å². The minimum atomic E-state index is -0.413. The molecule has 2 rings (SSSR count). The summed E-state index contributed by atoms with van der Waals surface area (Å²) in [6.07, 6.45) is 1.94. The Bertz CT molecular complexity index is 539. The second-order valence-corrected chi connectivity index (χ2v) is 3.15. The zero-order valence-corrected chi connectivity index (χ0v) is 8.17. The molecule has 0 fully saturated rings. The van der Waals surface area contributed by atoms with E-state index in [1.165, 1.54) is 13.2 Å². The standard InChI is InChI=1S/C11H9FN2O/c1-15-11-8(12)2-3-9-10(11)7(4-5-13)6-14-9/h2-3,6,14H,4H2,1H3. The van der Waals surface area contributed by atoms with Gasteiger partial charge in [0.05, 0.1) is 19.6 Å². The van der Waals surface area contributed by atoms with Gasteiger partial charge in [0, 0.05) is 17.1 Å². The van der Waals surface area contributed by atoms with Crippen LogP contribution in [0.25, 0.3) is 10.9 Å². The van der Waals surface area contributed by atoms with Crippen molar-refractivity contribution >= 4 is 10.9 Å². The summed E-state index contributed by atoms with van der Waals surface area (Å²) in [6, 6.07) is 5.01. The Morgan fingerprint density at radius 2 is 2.33 bits per heavy atom. The summed E-state index contributed by atoms with van der Waals surface area (Å²) in [5, 5.41) is 9.28. The van der Waals surface area contributed by atoms with E-state index in [1.54, 1.807) is 12.3 Å². The molecule has 0 amide bonds. The first-order valence-electron chi connectivity index (χ1n) is 4.47. The molecule has 1 N–H and O–H groups in total. The molecule has 0 aliphatic rings. The average molecular weight is 204 g/mol. The number of halogens is 1. The zero-order chi connectivity index (χ0) is 10.8. The number of hydrogen-bond acceptors (Lipinski definition) is 2. The van der Waals surface area contributed by atoms with Gasteiger partial charge in [-0.2, -0.15) is 5.26 Å². The molecule has 0 aliphatic carbocycles. The number of aromatic amines is 1. The van der Waals surface area contributed by atoms with Crippen LogP contribution in [0.1, 0.15) is 5.56 Å². The van der Waals surface area contributed by atoms with Crippen LogP contribution in [0.2, 0.25) is 0 Å². The summed E-state index contributed by atoms with van der Waals surface area (Å²) in [5.74, 6) is -0.220. The van der Waals surface area contributed by atoms with E-state index < -0.39 is 5.82 Å². The van der Waals surface area contributed by atoms with Gasteiger partial charge in [-0.25, -0.2) is 4.39 Å². The monoisotopic (exact) mass is 204 g/mol. The van der Waals surface area contributed by atoms with Gasteiger partial charge in [-0.15, -0.1) is 0 Å². The Kier molecular flexibility index (Phi) is 2.30. The van der Waals surface area contributed by atoms with Crippen molar-refractivity contribution in [3.63, 3.8) is 0 Å². The van der Waals surface area contributed by atoms with Gasteiger partial charge in [0.1, 0.15) is 0 Å². The van der Waals surface area contributed by atoms with Crippen LogP contribution in [-0.4, -0.2) is 12.1 Å². The van der Waals surface area contributed by atoms with Crippen LogP contribution in [0.4, 0.5) is 4.39 Å². The lowest BCUT2D eigenvalue weighted by atomic mass is 10.1. The molecule has 0 unspecified atom stereocenters. The van der Waals surface area contributed by atoms with Crippen molar-refractivity contribution < 1.29 is 9.13 Å². The largest absolute Gasteiger partial charge is 0.493 e. The molecule has 0 atom stereocenters. The van der Waals surface area contributed by atoms with Gasteiger partial charge in [0.15, 0.2) is 11.6 Å². The Morgan fingerprint density at radius 1 is 1.53 bits per heavy atom. The lowest BCUT2D eigenvalue weighted by Gasteiger charge is -2.04. The summed E-state index contributed by atoms with van der Waals surface area (Å²) in [5.41, 5.74) is 1.53. The van der Waals surface area contributed by atoms with Crippen molar-refractivity contribution in [2.24, 2.45) is 0 Å². The summed E-state index contributed by atoms with van der Waals surface area (Å²) < 4.78 is 18.4. The van der Waals surface area contributed by atoms with E-state index in [9.17, 15) is 4.39 Å². The third kappa shape index (κ3) is 1.42. The van der Waals surface area contributed by atoms with Crippen LogP contribution in [0.3, 0.4) is 0 Å². The van der Waals surface area contributed by atoms with E-state index in [2.05, 4.69) is 4.98 Å². The molecule has 1 heterocycles. The van der Waals surface area contributed by atoms with Crippen molar-refractivity contribution in [2.75, 3.05) is 7.11 Å². The summed E-state index contributed by atoms with van der Waals surface area (Å²) in [6.45, 7) is 0. The van der Waals surface area contributed by atoms with Crippen LogP contribution >= 0.6 is 0 Å². The summed E-state index contributed by atoms with van der Waals surface area (Å²) in [4.78, 5) is 2.98. The second kappa shape index (κ2) is 3.62. The molecule has 1 aromatic heterocycles. The van der Waals surface area contributed by atoms with Gasteiger partial charge < -0.3 is 9.72 Å². The molecule has 2 aromatic rings. The van der Waals surface area contributed by atoms with Gasteiger partial charge in [-0.1, -0.05) is 0 Å². The Labute approximate surface area is 86.1 Å². The van der Waals surface area contributed by atoms with Crippen LogP contribution in [0, 0.1) is 17.1 Å². The van der Waals surface area contributed by atoms with Gasteiger partial charge in [0.25, 0.3) is 0 Å². The van der Waals surface area contributed by atoms with Crippen molar-refractivity contribution in [1.29, 1.82) is 5.26 Å². The van der Waals surface area contributed by atoms with E-state index in [4.69, 9.17) is 10.00 Å². The molecule has 0 spiro atoms. The fourth-order valence-electron chi connectivity index (χ4n) is 1.66. The van der Waals surface area contributed by atoms with Crippen LogP contribution < -0.4 is 4.74 Å². The predicted molar refractivity (Wildman–Crippen MR) is 54.1 cm³/mol. The number of benzene rings is 1. The molecule has 0 radical (unpaired) electrons. The van der Waals surface area contributed by atoms with E-state index in [1.807, 2.05) is 6.07 Å². The first kappa shape index (κ1) is 9.53. The molecule has 1 aromatic carbocycles. The maximum absolute atomic E-state index is 13.4. The normalized spacial score (nSPS) is 10.2. The number of nitrogens with one attached hydrogen (secondary N) is 1. The number of nitrogens with zero attached hydrogens (tertiary/aromatic N) is 1. The number of fused-ring (bicyclic) bond motifs is 1. The van der Waals surface area contributed by atoms with Crippen molar-refractivity contribution in [2.45, 2.75) is 6.42 Å². The van der Waals surface area contributed by atoms with E-state index in [0.29, 0.717) is 5.39 Å². The second-order valence-electron chi connectivity index (χ2n) is 3.15. The molecule has 76 valence electrons. The highest BCUT2D eigenvalue weighted by molar-refractivity contribution is 5.89. The van der Waals surface area contributed by atoms with Crippen LogP contribution in [0.5, 0.6) is 5.75 Å². The van der Waals surface area contributed by atoms with Crippen molar-refractivity contribution in [1.82, 2.24) is 4.98 Å². The van der Waals surface area contributed by atoms with Gasteiger partial charge >= 0.3 is 0 Å². The number of H-pyrrole nitrogens is 1. The number of hydrogen-bond donors (Lipinski definition) is 1. The maximum Gasteiger partial charge on any atom is 0.165 e. The number of ether oxygens (including phenoxy) is 1. The van der Waals surface area contributed by atoms with Gasteiger partial charge in [-0.05, 0) is 17.7 Å². The third-order valence-electron chi connectivity index (χ3n) is 2.31. The average Bonchev–Trinajstić information content (AvgIpc) is 2.63. The number of aromatic nitrogens is 1. The van der Waals surface area contributed by atoms with Crippen LogP contribution in [0.15, 0.2) is 18.3 Å². The molecular formula is C11H9FN2O. The highest BCUT2D eigenvalue weighted by atomic mass is 19.1. The smallest absolute Gasteiger partial charge is 0.165 e.